The average Bonchev–Trinajstić information content (AvgIpc) is 3.82. The molecule has 1 spiro atoms. The molecule has 52 heavy (non-hydrogen) atoms. The number of carbonyl (C=O) groups is 2. The van der Waals surface area contributed by atoms with Crippen molar-refractivity contribution >= 4 is 34.5 Å². The van der Waals surface area contributed by atoms with Crippen molar-refractivity contribution < 1.29 is 38.4 Å². The molecule has 13 heteroatoms. The minimum Gasteiger partial charge on any atom is -0.497 e. The van der Waals surface area contributed by atoms with Crippen LogP contribution in [0.2, 0.25) is 0 Å². The zero-order chi connectivity index (χ0) is 36.6. The Morgan fingerprint density at radius 3 is 2.21 bits per heavy atom. The van der Waals surface area contributed by atoms with Gasteiger partial charge in [-0.05, 0) is 66.5 Å². The zero-order valence-electron chi connectivity index (χ0n) is 29.9. The van der Waals surface area contributed by atoms with Crippen LogP contribution in [-0.4, -0.2) is 94.5 Å². The SMILES string of the molecule is COc1ccc(C2=CN3C(=O)c4cc(OC)c(OCCCOc5cc6c(cc5OC)C(=O)NCC5(CC5)CC(=N)C(O)N6C)cc4NCC3C2)cc1. The maximum Gasteiger partial charge on any atom is 0.260 e. The maximum atomic E-state index is 13.8. The molecule has 0 aromatic heterocycles. The zero-order valence-corrected chi connectivity index (χ0v) is 29.9. The Balaban J connectivity index is 1.01. The molecule has 2 amide bonds. The molecule has 3 aromatic rings. The number of aliphatic hydroxyl groups is 1. The van der Waals surface area contributed by atoms with Gasteiger partial charge in [0, 0.05) is 44.9 Å². The van der Waals surface area contributed by atoms with Gasteiger partial charge in [-0.3, -0.25) is 9.59 Å². The summed E-state index contributed by atoms with van der Waals surface area (Å²) in [6, 6.07) is 14.6. The number of ether oxygens (including phenoxy) is 5. The number of benzene rings is 3. The Hall–Kier alpha value is -5.43. The first-order valence-corrected chi connectivity index (χ1v) is 17.5. The van der Waals surface area contributed by atoms with E-state index < -0.39 is 6.23 Å². The van der Waals surface area contributed by atoms with Crippen molar-refractivity contribution in [2.24, 2.45) is 5.41 Å². The molecular weight excluding hydrogens is 666 g/mol. The van der Waals surface area contributed by atoms with Crippen molar-refractivity contribution in [3.8, 4) is 28.7 Å². The summed E-state index contributed by atoms with van der Waals surface area (Å²) in [6.45, 7) is 1.58. The summed E-state index contributed by atoms with van der Waals surface area (Å²) in [4.78, 5) is 30.4. The summed E-state index contributed by atoms with van der Waals surface area (Å²) >= 11 is 0. The number of anilines is 2. The molecule has 0 radical (unpaired) electrons. The number of aliphatic hydroxyl groups excluding tert-OH is 1. The second-order valence-corrected chi connectivity index (χ2v) is 13.8. The third kappa shape index (κ3) is 6.80. The van der Waals surface area contributed by atoms with Gasteiger partial charge in [-0.25, -0.2) is 0 Å². The van der Waals surface area contributed by atoms with E-state index in [1.54, 1.807) is 50.4 Å². The molecule has 0 bridgehead atoms. The second kappa shape index (κ2) is 14.3. The van der Waals surface area contributed by atoms with Crippen LogP contribution in [0, 0.1) is 10.8 Å². The first-order chi connectivity index (χ1) is 25.1. The minimum atomic E-state index is -1.18. The summed E-state index contributed by atoms with van der Waals surface area (Å²) in [5.74, 6) is 2.12. The molecule has 1 fully saturated rings. The second-order valence-electron chi connectivity index (χ2n) is 13.8. The fourth-order valence-electron chi connectivity index (χ4n) is 7.13. The first-order valence-electron chi connectivity index (χ1n) is 17.5. The number of hydrogen-bond acceptors (Lipinski definition) is 11. The molecule has 3 aromatic carbocycles. The number of methoxy groups -OCH3 is 3. The molecule has 4 aliphatic rings. The van der Waals surface area contributed by atoms with E-state index in [2.05, 4.69) is 10.6 Å². The molecule has 3 aliphatic heterocycles. The molecular formula is C39H45N5O8. The number of fused-ring (bicyclic) bond motifs is 3. The topological polar surface area (TPSA) is 155 Å². The van der Waals surface area contributed by atoms with Crippen molar-refractivity contribution in [1.29, 1.82) is 5.41 Å². The lowest BCUT2D eigenvalue weighted by atomic mass is 9.96. The molecule has 2 unspecified atom stereocenters. The molecule has 13 nitrogen and oxygen atoms in total. The Morgan fingerprint density at radius 1 is 0.885 bits per heavy atom. The van der Waals surface area contributed by atoms with Crippen LogP contribution in [0.15, 0.2) is 54.7 Å². The van der Waals surface area contributed by atoms with Crippen LogP contribution >= 0.6 is 0 Å². The van der Waals surface area contributed by atoms with Crippen molar-refractivity contribution in [3.63, 3.8) is 0 Å². The Labute approximate surface area is 302 Å². The van der Waals surface area contributed by atoms with Gasteiger partial charge in [-0.15, -0.1) is 0 Å². The Bertz CT molecular complexity index is 1910. The summed E-state index contributed by atoms with van der Waals surface area (Å²) in [5.41, 5.74) is 4.14. The van der Waals surface area contributed by atoms with Crippen molar-refractivity contribution in [1.82, 2.24) is 10.2 Å². The summed E-state index contributed by atoms with van der Waals surface area (Å²) in [7, 11) is 6.35. The molecule has 4 N–H and O–H groups in total. The van der Waals surface area contributed by atoms with Crippen molar-refractivity contribution in [3.05, 3.63) is 71.4 Å². The first kappa shape index (κ1) is 35.0. The standard InChI is InChI=1S/C39H45N5O8/c1-43-31-18-35(33(50-4)16-28(31)36(45)42-22-39(10-11-39)19-29(40)38(43)47)52-13-5-12-51-34-17-30-27(15-32(34)49-3)37(46)44-21-24(14-25(44)20-41-30)23-6-8-26(48-2)9-7-23/h6-9,15-18,21,25,38,40-41,47H,5,10-14,19-20,22H2,1-4H3,(H,42,45). The van der Waals surface area contributed by atoms with Crippen molar-refractivity contribution in [2.75, 3.05) is 64.9 Å². The van der Waals surface area contributed by atoms with Gasteiger partial charge in [0.1, 0.15) is 5.75 Å². The predicted molar refractivity (Wildman–Crippen MR) is 196 cm³/mol. The van der Waals surface area contributed by atoms with E-state index >= 15 is 0 Å². The average molecular weight is 712 g/mol. The van der Waals surface area contributed by atoms with E-state index in [1.807, 2.05) is 30.5 Å². The molecule has 1 aliphatic carbocycles. The third-order valence-corrected chi connectivity index (χ3v) is 10.4. The van der Waals surface area contributed by atoms with Crippen LogP contribution in [0.1, 0.15) is 58.4 Å². The van der Waals surface area contributed by atoms with Gasteiger partial charge in [0.15, 0.2) is 29.2 Å². The van der Waals surface area contributed by atoms with Gasteiger partial charge in [-0.1, -0.05) is 12.1 Å². The third-order valence-electron chi connectivity index (χ3n) is 10.4. The highest BCUT2D eigenvalue weighted by Crippen LogP contribution is 2.49. The van der Waals surface area contributed by atoms with E-state index in [1.165, 1.54) is 12.0 Å². The number of hydrogen-bond donors (Lipinski definition) is 4. The highest BCUT2D eigenvalue weighted by molar-refractivity contribution is 6.03. The molecule has 7 rings (SSSR count). The van der Waals surface area contributed by atoms with Crippen LogP contribution in [-0.2, 0) is 0 Å². The van der Waals surface area contributed by atoms with Gasteiger partial charge in [0.05, 0.1) is 68.8 Å². The molecule has 274 valence electrons. The van der Waals surface area contributed by atoms with Crippen molar-refractivity contribution in [2.45, 2.75) is 44.4 Å². The fraction of sp³-hybridized carbons (Fsp3) is 0.410. The molecule has 0 saturated heterocycles. The number of nitrogens with one attached hydrogen (secondary N) is 3. The van der Waals surface area contributed by atoms with E-state index in [0.717, 1.165) is 36.1 Å². The molecule has 3 heterocycles. The summed E-state index contributed by atoms with van der Waals surface area (Å²) in [6.07, 6.45) is 4.24. The highest BCUT2D eigenvalue weighted by atomic mass is 16.5. The van der Waals surface area contributed by atoms with Gasteiger partial charge in [0.2, 0.25) is 0 Å². The van der Waals surface area contributed by atoms with E-state index in [-0.39, 0.29) is 35.6 Å². The lowest BCUT2D eigenvalue weighted by Gasteiger charge is -2.31. The fourth-order valence-corrected chi connectivity index (χ4v) is 7.13. The highest BCUT2D eigenvalue weighted by Gasteiger charge is 2.45. The monoisotopic (exact) mass is 711 g/mol. The van der Waals surface area contributed by atoms with E-state index in [4.69, 9.17) is 29.1 Å². The lowest BCUT2D eigenvalue weighted by molar-refractivity contribution is 0.0796. The molecule has 2 atom stereocenters. The van der Waals surface area contributed by atoms with Crippen LogP contribution in [0.4, 0.5) is 11.4 Å². The maximum absolute atomic E-state index is 13.8. The van der Waals surface area contributed by atoms with Gasteiger partial charge in [-0.2, -0.15) is 0 Å². The lowest BCUT2D eigenvalue weighted by Crippen LogP contribution is -2.43. The number of carbonyl (C=O) groups excluding carboxylic acids is 2. The van der Waals surface area contributed by atoms with Crippen LogP contribution in [0.3, 0.4) is 0 Å². The smallest absolute Gasteiger partial charge is 0.260 e. The van der Waals surface area contributed by atoms with Gasteiger partial charge >= 0.3 is 0 Å². The number of amides is 2. The van der Waals surface area contributed by atoms with E-state index in [9.17, 15) is 14.7 Å². The quantitative estimate of drug-likeness (QED) is 0.213. The Kier molecular flexibility index (Phi) is 9.62. The molecule has 1 saturated carbocycles. The van der Waals surface area contributed by atoms with Gasteiger partial charge in [0.25, 0.3) is 11.8 Å². The van der Waals surface area contributed by atoms with Crippen LogP contribution in [0.5, 0.6) is 28.7 Å². The largest absolute Gasteiger partial charge is 0.497 e. The summed E-state index contributed by atoms with van der Waals surface area (Å²) in [5, 5.41) is 26.0. The van der Waals surface area contributed by atoms with Crippen LogP contribution in [0.25, 0.3) is 5.57 Å². The Morgan fingerprint density at radius 2 is 1.56 bits per heavy atom. The number of nitrogens with zero attached hydrogens (tertiary/aromatic N) is 2. The van der Waals surface area contributed by atoms with E-state index in [0.29, 0.717) is 78.0 Å². The van der Waals surface area contributed by atoms with Gasteiger partial charge < -0.3 is 54.6 Å². The number of rotatable bonds is 10. The summed E-state index contributed by atoms with van der Waals surface area (Å²) < 4.78 is 28.8. The van der Waals surface area contributed by atoms with Crippen LogP contribution < -0.4 is 39.2 Å². The normalized spacial score (nSPS) is 20.4. The minimum absolute atomic E-state index is 0.0349. The predicted octanol–water partition coefficient (Wildman–Crippen LogP) is 4.93.